The van der Waals surface area contributed by atoms with Gasteiger partial charge in [0.2, 0.25) is 0 Å². The summed E-state index contributed by atoms with van der Waals surface area (Å²) in [7, 11) is -25.5. The second-order valence-electron chi connectivity index (χ2n) is 10.3. The first-order valence-corrected chi connectivity index (χ1v) is 32.8. The molecule has 3 heterocycles. The lowest BCUT2D eigenvalue weighted by molar-refractivity contribution is 0.0600. The molecule has 3 fully saturated rings. The molecule has 3 aliphatic rings. The Bertz CT molecular complexity index is 785. The van der Waals surface area contributed by atoms with Gasteiger partial charge < -0.3 is 45.9 Å². The summed E-state index contributed by atoms with van der Waals surface area (Å²) in [6.45, 7) is 24.1. The molecule has 229 valence electrons. The molecule has 6 atom stereocenters. The molecule has 3 radical (unpaired) electrons. The minimum absolute atomic E-state index is 0.252. The molecule has 0 aromatic carbocycles. The Labute approximate surface area is 248 Å². The predicted molar refractivity (Wildman–Crippen MR) is 168 cm³/mol. The van der Waals surface area contributed by atoms with Crippen molar-refractivity contribution in [2.45, 2.75) is 124 Å². The van der Waals surface area contributed by atoms with Crippen LogP contribution < -0.4 is 0 Å². The molecule has 3 saturated heterocycles. The summed E-state index contributed by atoms with van der Waals surface area (Å²) in [6, 6.07) is 3.35. The lowest BCUT2D eigenvalue weighted by Gasteiger charge is -2.52. The van der Waals surface area contributed by atoms with Crippen molar-refractivity contribution in [3.8, 4) is 0 Å². The van der Waals surface area contributed by atoms with Gasteiger partial charge in [-0.05, 0) is 44.8 Å². The van der Waals surface area contributed by atoms with Crippen LogP contribution in [0.2, 0.25) is 75.0 Å². The van der Waals surface area contributed by atoms with E-state index in [1.807, 2.05) is 41.2 Å². The van der Waals surface area contributed by atoms with E-state index in [0.717, 1.165) is 0 Å². The van der Waals surface area contributed by atoms with E-state index in [2.05, 4.69) is 40.0 Å². The fourth-order valence-corrected chi connectivity index (χ4v) is 43.2. The molecule has 0 amide bonds. The van der Waals surface area contributed by atoms with Gasteiger partial charge in [0.15, 0.2) is 18.1 Å². The molecule has 0 saturated carbocycles. The van der Waals surface area contributed by atoms with E-state index in [-0.39, 0.29) is 6.04 Å². The highest BCUT2D eigenvalue weighted by Gasteiger charge is 2.69. The van der Waals surface area contributed by atoms with E-state index in [0.29, 0.717) is 36.3 Å². The van der Waals surface area contributed by atoms with Crippen LogP contribution >= 0.6 is 0 Å². The summed E-state index contributed by atoms with van der Waals surface area (Å²) in [4.78, 5) is 12.0. The minimum atomic E-state index is -3.91. The molecule has 3 aliphatic heterocycles. The van der Waals surface area contributed by atoms with Crippen LogP contribution in [0.4, 0.5) is 0 Å². The number of hydrogen-bond donors (Lipinski definition) is 1. The topological polar surface area (TPSA) is 113 Å². The Hall–Kier alpha value is 1.51. The van der Waals surface area contributed by atoms with Crippen LogP contribution in [0, 0.1) is 0 Å². The van der Waals surface area contributed by atoms with E-state index >= 15 is 0 Å². The van der Waals surface area contributed by atoms with Gasteiger partial charge in [-0.2, -0.15) is 0 Å². The molecule has 0 aliphatic carbocycles. The van der Waals surface area contributed by atoms with Gasteiger partial charge >= 0.3 is 61.9 Å². The van der Waals surface area contributed by atoms with Gasteiger partial charge in [-0.3, -0.25) is 0 Å². The van der Waals surface area contributed by atoms with Crippen molar-refractivity contribution in [1.29, 1.82) is 0 Å². The van der Waals surface area contributed by atoms with Crippen LogP contribution in [0.15, 0.2) is 0 Å². The quantitative estimate of drug-likeness (QED) is 0.291. The maximum absolute atomic E-state index is 12.0. The van der Waals surface area contributed by atoms with Gasteiger partial charge in [-0.25, -0.2) is 0 Å². The zero-order chi connectivity index (χ0) is 29.8. The normalized spacial score (nSPS) is 41.0. The fourth-order valence-electron chi connectivity index (χ4n) is 4.17. The van der Waals surface area contributed by atoms with Crippen molar-refractivity contribution in [3.05, 3.63) is 0 Å². The van der Waals surface area contributed by atoms with Crippen molar-refractivity contribution in [3.63, 3.8) is 0 Å². The van der Waals surface area contributed by atoms with E-state index in [9.17, 15) is 4.80 Å². The Kier molecular flexibility index (Phi) is 13.7. The summed E-state index contributed by atoms with van der Waals surface area (Å²) in [5.74, 6) is 0. The average Bonchev–Trinajstić information content (AvgIpc) is 2.85. The number of rotatable bonds is 11. The first-order valence-electron chi connectivity index (χ1n) is 14.2. The van der Waals surface area contributed by atoms with Gasteiger partial charge in [-0.1, -0.05) is 48.5 Å². The monoisotopic (exact) mass is 707 g/mol. The van der Waals surface area contributed by atoms with Crippen molar-refractivity contribution in [2.75, 3.05) is 0 Å². The first kappa shape index (κ1) is 36.7. The van der Waals surface area contributed by atoms with Gasteiger partial charge in [0.1, 0.15) is 0 Å². The van der Waals surface area contributed by atoms with Gasteiger partial charge in [0.05, 0.1) is 0 Å². The SMILES string of the molecule is CC[Si]1O[Si](C)(CC)O[Si]2(CC)O[Si](O)(CC)O[Si](CC)(O[Si](CC)(O[Si](C)C)O1)O[Si](CC)(O[Si](C)C)O2. The lowest BCUT2D eigenvalue weighted by atomic mass is 11.0. The summed E-state index contributed by atoms with van der Waals surface area (Å²) in [5, 5.41) is 0. The van der Waals surface area contributed by atoms with E-state index < -0.39 is 79.9 Å². The highest BCUT2D eigenvalue weighted by Crippen LogP contribution is 2.42. The molecule has 20 heteroatoms. The van der Waals surface area contributed by atoms with Gasteiger partial charge in [0.25, 0.3) is 0 Å². The van der Waals surface area contributed by atoms with Crippen LogP contribution in [-0.2, 0) is 41.2 Å². The largest absolute Gasteiger partial charge is 0.483 e. The van der Waals surface area contributed by atoms with Crippen molar-refractivity contribution in [2.24, 2.45) is 0 Å². The summed E-state index contributed by atoms with van der Waals surface area (Å²) < 4.78 is 68.5. The molecule has 0 aromatic heterocycles. The van der Waals surface area contributed by atoms with Gasteiger partial charge in [0, 0.05) is 30.2 Å². The van der Waals surface area contributed by atoms with Crippen LogP contribution in [-0.4, -0.2) is 84.7 Å². The standard InChI is InChI=1S/C19H51O11Si9/c1-13-33-23-34(12,14-2)25-38(18-6)26-35(20,15-3)27-39(19-7,28-36(16-4,24-33)21-31(8)9)30-37(17-5,29-38)22-32(10)11/h20H,13-19H2,1-12H3. The maximum atomic E-state index is 12.0. The Morgan fingerprint density at radius 2 is 1.05 bits per heavy atom. The minimum Gasteiger partial charge on any atom is -0.416 e. The molecule has 0 spiro atoms. The first-order chi connectivity index (χ1) is 18.1. The smallest absolute Gasteiger partial charge is 0.416 e. The highest BCUT2D eigenvalue weighted by atomic mass is 28.6. The second kappa shape index (κ2) is 14.5. The molecule has 1 N–H and O–H groups in total. The second-order valence-corrected chi connectivity index (χ2v) is 36.9. The molecule has 39 heavy (non-hydrogen) atoms. The van der Waals surface area contributed by atoms with Gasteiger partial charge in [-0.15, -0.1) is 0 Å². The third-order valence-electron chi connectivity index (χ3n) is 6.36. The Balaban J connectivity index is 2.94. The number of hydrogen-bond acceptors (Lipinski definition) is 11. The van der Waals surface area contributed by atoms with Crippen molar-refractivity contribution < 1.29 is 45.9 Å². The van der Waals surface area contributed by atoms with Crippen molar-refractivity contribution in [1.82, 2.24) is 0 Å². The zero-order valence-electron chi connectivity index (χ0n) is 26.0. The lowest BCUT2D eigenvalue weighted by Crippen LogP contribution is -2.76. The molecular formula is C19H51O11Si9. The molecular weight excluding hydrogens is 657 g/mol. The summed E-state index contributed by atoms with van der Waals surface area (Å²) >= 11 is 0. The Morgan fingerprint density at radius 1 is 0.590 bits per heavy atom. The van der Waals surface area contributed by atoms with Crippen LogP contribution in [0.25, 0.3) is 0 Å². The fraction of sp³-hybridized carbons (Fsp3) is 1.00. The van der Waals surface area contributed by atoms with E-state index in [1.54, 1.807) is 0 Å². The predicted octanol–water partition coefficient (Wildman–Crippen LogP) is 5.07. The number of fused-ring (bicyclic) bond motifs is 10. The highest BCUT2D eigenvalue weighted by molar-refractivity contribution is 6.95. The molecule has 3 rings (SSSR count). The summed E-state index contributed by atoms with van der Waals surface area (Å²) in [5.41, 5.74) is 0. The third-order valence-corrected chi connectivity index (χ3v) is 38.6. The maximum Gasteiger partial charge on any atom is 0.483 e. The molecule has 6 unspecified atom stereocenters. The molecule has 2 bridgehead atoms. The molecule has 0 aromatic rings. The van der Waals surface area contributed by atoms with Crippen molar-refractivity contribution >= 4 is 79.9 Å². The third kappa shape index (κ3) is 9.25. The van der Waals surface area contributed by atoms with Crippen LogP contribution in [0.5, 0.6) is 0 Å². The summed E-state index contributed by atoms with van der Waals surface area (Å²) in [6.07, 6.45) is 0. The molecule has 11 nitrogen and oxygen atoms in total. The average molecular weight is 708 g/mol. The zero-order valence-corrected chi connectivity index (χ0v) is 35.0. The van der Waals surface area contributed by atoms with Crippen LogP contribution in [0.1, 0.15) is 48.5 Å². The van der Waals surface area contributed by atoms with E-state index in [1.165, 1.54) is 0 Å². The van der Waals surface area contributed by atoms with Crippen LogP contribution in [0.3, 0.4) is 0 Å². The van der Waals surface area contributed by atoms with E-state index in [4.69, 9.17) is 41.2 Å². The Morgan fingerprint density at radius 3 is 1.44 bits per heavy atom.